The molecule has 0 aliphatic rings. The summed E-state index contributed by atoms with van der Waals surface area (Å²) in [6, 6.07) is 12.8. The third-order valence-electron chi connectivity index (χ3n) is 2.82. The van der Waals surface area contributed by atoms with Crippen molar-refractivity contribution in [3.63, 3.8) is 0 Å². The highest BCUT2D eigenvalue weighted by Crippen LogP contribution is 2.32. The molecule has 0 heterocycles. The van der Waals surface area contributed by atoms with Crippen LogP contribution in [-0.2, 0) is 0 Å². The SMILES string of the molecule is CCC(=O)c1ccccc1Oc1cc(C)ccc1Cl. The maximum Gasteiger partial charge on any atom is 0.166 e. The van der Waals surface area contributed by atoms with Gasteiger partial charge in [-0.05, 0) is 36.8 Å². The van der Waals surface area contributed by atoms with Crippen LogP contribution in [0.4, 0.5) is 0 Å². The van der Waals surface area contributed by atoms with Gasteiger partial charge >= 0.3 is 0 Å². The number of benzene rings is 2. The number of ketones is 1. The molecule has 2 aromatic rings. The molecule has 3 heteroatoms. The summed E-state index contributed by atoms with van der Waals surface area (Å²) in [5.41, 5.74) is 1.64. The monoisotopic (exact) mass is 274 g/mol. The second-order valence-electron chi connectivity index (χ2n) is 4.31. The number of ether oxygens (including phenoxy) is 1. The molecule has 0 saturated carbocycles. The fourth-order valence-electron chi connectivity index (χ4n) is 1.78. The van der Waals surface area contributed by atoms with Crippen LogP contribution in [0.15, 0.2) is 42.5 Å². The molecule has 2 rings (SSSR count). The molecule has 2 nitrogen and oxygen atoms in total. The van der Waals surface area contributed by atoms with E-state index in [4.69, 9.17) is 16.3 Å². The number of aryl methyl sites for hydroxylation is 1. The highest BCUT2D eigenvalue weighted by Gasteiger charge is 2.12. The second-order valence-corrected chi connectivity index (χ2v) is 4.72. The summed E-state index contributed by atoms with van der Waals surface area (Å²) in [6.45, 7) is 3.80. The van der Waals surface area contributed by atoms with Gasteiger partial charge in [-0.15, -0.1) is 0 Å². The first-order valence-corrected chi connectivity index (χ1v) is 6.56. The minimum Gasteiger partial charge on any atom is -0.455 e. The quantitative estimate of drug-likeness (QED) is 0.731. The number of hydrogen-bond acceptors (Lipinski definition) is 2. The summed E-state index contributed by atoms with van der Waals surface area (Å²) in [4.78, 5) is 11.9. The molecule has 0 atom stereocenters. The van der Waals surface area contributed by atoms with Gasteiger partial charge in [0.1, 0.15) is 11.5 Å². The molecular weight excluding hydrogens is 260 g/mol. The minimum absolute atomic E-state index is 0.0550. The number of carbonyl (C=O) groups excluding carboxylic acids is 1. The predicted octanol–water partition coefficient (Wildman–Crippen LogP) is 5.03. The van der Waals surface area contributed by atoms with Gasteiger partial charge in [0.05, 0.1) is 10.6 Å². The Balaban J connectivity index is 2.38. The Hall–Kier alpha value is -1.80. The molecule has 0 fully saturated rings. The minimum atomic E-state index is 0.0550. The molecule has 0 aliphatic carbocycles. The van der Waals surface area contributed by atoms with E-state index in [-0.39, 0.29) is 5.78 Å². The van der Waals surface area contributed by atoms with Crippen molar-refractivity contribution < 1.29 is 9.53 Å². The molecule has 0 N–H and O–H groups in total. The van der Waals surface area contributed by atoms with Crippen LogP contribution in [0.5, 0.6) is 11.5 Å². The Morgan fingerprint density at radius 2 is 1.89 bits per heavy atom. The molecule has 0 bridgehead atoms. The topological polar surface area (TPSA) is 26.3 Å². The number of carbonyl (C=O) groups is 1. The van der Waals surface area contributed by atoms with Gasteiger partial charge < -0.3 is 4.74 Å². The summed E-state index contributed by atoms with van der Waals surface area (Å²) >= 11 is 6.10. The van der Waals surface area contributed by atoms with Gasteiger partial charge in [0.25, 0.3) is 0 Å². The molecule has 2 aromatic carbocycles. The summed E-state index contributed by atoms with van der Waals surface area (Å²) < 4.78 is 5.79. The van der Waals surface area contributed by atoms with E-state index in [2.05, 4.69) is 0 Å². The Bertz CT molecular complexity index is 605. The first-order valence-electron chi connectivity index (χ1n) is 6.18. The Labute approximate surface area is 118 Å². The molecule has 0 aromatic heterocycles. The summed E-state index contributed by atoms with van der Waals surface area (Å²) in [5.74, 6) is 1.17. The normalized spacial score (nSPS) is 10.3. The molecule has 19 heavy (non-hydrogen) atoms. The zero-order valence-electron chi connectivity index (χ0n) is 10.9. The number of Topliss-reactive ketones (excluding diaryl/α,β-unsaturated/α-hetero) is 1. The average Bonchev–Trinajstić information content (AvgIpc) is 2.42. The molecule has 0 unspecified atom stereocenters. The third kappa shape index (κ3) is 3.15. The number of rotatable bonds is 4. The lowest BCUT2D eigenvalue weighted by atomic mass is 10.1. The van der Waals surface area contributed by atoms with E-state index in [0.29, 0.717) is 28.5 Å². The van der Waals surface area contributed by atoms with E-state index in [9.17, 15) is 4.79 Å². The highest BCUT2D eigenvalue weighted by atomic mass is 35.5. The zero-order chi connectivity index (χ0) is 13.8. The number of para-hydroxylation sites is 1. The summed E-state index contributed by atoms with van der Waals surface area (Å²) in [5, 5.41) is 0.532. The lowest BCUT2D eigenvalue weighted by Gasteiger charge is -2.11. The van der Waals surface area contributed by atoms with Gasteiger partial charge in [-0.2, -0.15) is 0 Å². The van der Waals surface area contributed by atoms with Crippen LogP contribution in [0.25, 0.3) is 0 Å². The van der Waals surface area contributed by atoms with Gasteiger partial charge in [-0.1, -0.05) is 36.7 Å². The number of halogens is 1. The van der Waals surface area contributed by atoms with E-state index in [1.807, 2.05) is 38.1 Å². The maximum atomic E-state index is 11.9. The first-order chi connectivity index (χ1) is 9.11. The van der Waals surface area contributed by atoms with Crippen molar-refractivity contribution >= 4 is 17.4 Å². The van der Waals surface area contributed by atoms with Crippen molar-refractivity contribution in [2.24, 2.45) is 0 Å². The Morgan fingerprint density at radius 1 is 1.16 bits per heavy atom. The van der Waals surface area contributed by atoms with Gasteiger partial charge in [0.15, 0.2) is 5.78 Å². The molecule has 0 radical (unpaired) electrons. The van der Waals surface area contributed by atoms with E-state index in [1.54, 1.807) is 18.2 Å². The van der Waals surface area contributed by atoms with Crippen molar-refractivity contribution in [3.8, 4) is 11.5 Å². The van der Waals surface area contributed by atoms with Crippen LogP contribution >= 0.6 is 11.6 Å². The first kappa shape index (κ1) is 13.6. The van der Waals surface area contributed by atoms with Crippen LogP contribution in [0.3, 0.4) is 0 Å². The van der Waals surface area contributed by atoms with E-state index >= 15 is 0 Å². The molecule has 98 valence electrons. The van der Waals surface area contributed by atoms with Crippen LogP contribution in [0, 0.1) is 6.92 Å². The fourth-order valence-corrected chi connectivity index (χ4v) is 1.94. The van der Waals surface area contributed by atoms with Crippen LogP contribution < -0.4 is 4.74 Å². The van der Waals surface area contributed by atoms with E-state index < -0.39 is 0 Å². The average molecular weight is 275 g/mol. The van der Waals surface area contributed by atoms with Gasteiger partial charge in [-0.25, -0.2) is 0 Å². The third-order valence-corrected chi connectivity index (χ3v) is 3.13. The summed E-state index contributed by atoms with van der Waals surface area (Å²) in [7, 11) is 0. The van der Waals surface area contributed by atoms with Crippen LogP contribution in [0.1, 0.15) is 29.3 Å². The molecular formula is C16H15ClO2. The summed E-state index contributed by atoms with van der Waals surface area (Å²) in [6.07, 6.45) is 0.446. The molecule has 0 amide bonds. The highest BCUT2D eigenvalue weighted by molar-refractivity contribution is 6.32. The molecule has 0 saturated heterocycles. The lowest BCUT2D eigenvalue weighted by molar-refractivity contribution is 0.0986. The Morgan fingerprint density at radius 3 is 2.63 bits per heavy atom. The van der Waals surface area contributed by atoms with Crippen molar-refractivity contribution in [1.82, 2.24) is 0 Å². The van der Waals surface area contributed by atoms with E-state index in [1.165, 1.54) is 0 Å². The second kappa shape index (κ2) is 5.89. The standard InChI is InChI=1S/C16H15ClO2/c1-3-14(18)12-6-4-5-7-15(12)19-16-10-11(2)8-9-13(16)17/h4-10H,3H2,1-2H3. The van der Waals surface area contributed by atoms with Crippen molar-refractivity contribution in [2.45, 2.75) is 20.3 Å². The smallest absolute Gasteiger partial charge is 0.166 e. The van der Waals surface area contributed by atoms with Crippen molar-refractivity contribution in [2.75, 3.05) is 0 Å². The fraction of sp³-hybridized carbons (Fsp3) is 0.188. The number of hydrogen-bond donors (Lipinski definition) is 0. The maximum absolute atomic E-state index is 11.9. The van der Waals surface area contributed by atoms with Gasteiger partial charge in [0.2, 0.25) is 0 Å². The van der Waals surface area contributed by atoms with Gasteiger partial charge in [0, 0.05) is 6.42 Å². The van der Waals surface area contributed by atoms with Gasteiger partial charge in [-0.3, -0.25) is 4.79 Å². The predicted molar refractivity (Wildman–Crippen MR) is 77.3 cm³/mol. The molecule has 0 spiro atoms. The van der Waals surface area contributed by atoms with Crippen LogP contribution in [-0.4, -0.2) is 5.78 Å². The Kier molecular flexibility index (Phi) is 4.23. The largest absolute Gasteiger partial charge is 0.455 e. The lowest BCUT2D eigenvalue weighted by Crippen LogP contribution is -2.00. The van der Waals surface area contributed by atoms with Crippen molar-refractivity contribution in [1.29, 1.82) is 0 Å². The zero-order valence-corrected chi connectivity index (χ0v) is 11.7. The van der Waals surface area contributed by atoms with E-state index in [0.717, 1.165) is 5.56 Å². The van der Waals surface area contributed by atoms with Crippen molar-refractivity contribution in [3.05, 3.63) is 58.6 Å². The van der Waals surface area contributed by atoms with Crippen LogP contribution in [0.2, 0.25) is 5.02 Å². The molecule has 0 aliphatic heterocycles.